The van der Waals surface area contributed by atoms with Gasteiger partial charge in [-0.15, -0.1) is 0 Å². The minimum absolute atomic E-state index is 1.20. The third-order valence-corrected chi connectivity index (χ3v) is 1.94. The van der Waals surface area contributed by atoms with Crippen molar-refractivity contribution in [3.8, 4) is 0 Å². The van der Waals surface area contributed by atoms with E-state index in [0.29, 0.717) is 0 Å². The molecule has 0 N–H and O–H groups in total. The van der Waals surface area contributed by atoms with E-state index in [1.165, 1.54) is 24.8 Å². The molecule has 1 aromatic heterocycles. The molecule has 1 nitrogen and oxygen atoms in total. The van der Waals surface area contributed by atoms with Crippen molar-refractivity contribution in [2.24, 2.45) is 0 Å². The molecule has 1 heterocycles. The molecular weight excluding hydrogens is 130 g/mol. The van der Waals surface area contributed by atoms with Crippen LogP contribution in [0.3, 0.4) is 0 Å². The van der Waals surface area contributed by atoms with E-state index < -0.39 is 0 Å². The molecule has 0 atom stereocenters. The summed E-state index contributed by atoms with van der Waals surface area (Å²) in [5.41, 5.74) is 1.39. The van der Waals surface area contributed by atoms with Gasteiger partial charge in [0.15, 0.2) is 0 Å². The molecule has 0 radical (unpaired) electrons. The fourth-order valence-corrected chi connectivity index (χ4v) is 1.30. The molecule has 0 amide bonds. The number of hydrogen-bond acceptors (Lipinski definition) is 2. The van der Waals surface area contributed by atoms with Crippen molar-refractivity contribution in [3.63, 3.8) is 0 Å². The maximum absolute atomic E-state index is 4.02. The highest BCUT2D eigenvalue weighted by molar-refractivity contribution is 7.03. The Balaban J connectivity index is 2.30. The van der Waals surface area contributed by atoms with Crippen LogP contribution in [0, 0.1) is 0 Å². The summed E-state index contributed by atoms with van der Waals surface area (Å²) in [4.78, 5) is 0. The first kappa shape index (κ1) is 6.75. The van der Waals surface area contributed by atoms with E-state index in [4.69, 9.17) is 0 Å². The Hall–Kier alpha value is -0.370. The molecule has 0 saturated carbocycles. The van der Waals surface area contributed by atoms with Gasteiger partial charge in [0.2, 0.25) is 0 Å². The van der Waals surface area contributed by atoms with Crippen LogP contribution in [0.5, 0.6) is 0 Å². The van der Waals surface area contributed by atoms with E-state index in [9.17, 15) is 0 Å². The molecular formula is C7H11NS. The summed E-state index contributed by atoms with van der Waals surface area (Å²) < 4.78 is 4.02. The van der Waals surface area contributed by atoms with E-state index in [1.807, 2.05) is 6.20 Å². The van der Waals surface area contributed by atoms with Crippen LogP contribution in [0.15, 0.2) is 11.6 Å². The molecule has 0 aliphatic heterocycles. The standard InChI is InChI=1S/C7H11NS/c1-2-3-4-7-5-8-9-6-7/h5-6H,2-4H2,1H3. The van der Waals surface area contributed by atoms with E-state index >= 15 is 0 Å². The molecule has 50 valence electrons. The maximum Gasteiger partial charge on any atom is 0.0438 e. The molecule has 0 saturated heterocycles. The Morgan fingerprint density at radius 2 is 2.56 bits per heavy atom. The molecule has 1 rings (SSSR count). The zero-order chi connectivity index (χ0) is 6.53. The van der Waals surface area contributed by atoms with Gasteiger partial charge in [-0.1, -0.05) is 13.3 Å². The first-order valence-electron chi connectivity index (χ1n) is 3.31. The number of hydrogen-bond donors (Lipinski definition) is 0. The van der Waals surface area contributed by atoms with Crippen molar-refractivity contribution >= 4 is 11.5 Å². The molecule has 1 aromatic rings. The second-order valence-electron chi connectivity index (χ2n) is 2.14. The van der Waals surface area contributed by atoms with Gasteiger partial charge in [0.05, 0.1) is 0 Å². The van der Waals surface area contributed by atoms with Crippen molar-refractivity contribution in [2.75, 3.05) is 0 Å². The lowest BCUT2D eigenvalue weighted by Gasteiger charge is -1.89. The van der Waals surface area contributed by atoms with Crippen LogP contribution in [0.4, 0.5) is 0 Å². The van der Waals surface area contributed by atoms with Gasteiger partial charge >= 0.3 is 0 Å². The predicted octanol–water partition coefficient (Wildman–Crippen LogP) is 2.49. The van der Waals surface area contributed by atoms with Gasteiger partial charge in [0, 0.05) is 11.6 Å². The van der Waals surface area contributed by atoms with Crippen molar-refractivity contribution in [3.05, 3.63) is 17.1 Å². The second kappa shape index (κ2) is 3.62. The lowest BCUT2D eigenvalue weighted by atomic mass is 10.2. The average Bonchev–Trinajstić information content (AvgIpc) is 2.34. The highest BCUT2D eigenvalue weighted by Crippen LogP contribution is 2.05. The number of unbranched alkanes of at least 4 members (excludes halogenated alkanes) is 1. The Bertz CT molecular complexity index is 146. The van der Waals surface area contributed by atoms with Crippen LogP contribution < -0.4 is 0 Å². The summed E-state index contributed by atoms with van der Waals surface area (Å²) >= 11 is 1.54. The van der Waals surface area contributed by atoms with Crippen LogP contribution in [0.1, 0.15) is 25.3 Å². The summed E-state index contributed by atoms with van der Waals surface area (Å²) in [6.07, 6.45) is 5.72. The maximum atomic E-state index is 4.02. The Morgan fingerprint density at radius 1 is 1.67 bits per heavy atom. The van der Waals surface area contributed by atoms with Crippen molar-refractivity contribution in [1.29, 1.82) is 0 Å². The molecule has 0 aromatic carbocycles. The summed E-state index contributed by atoms with van der Waals surface area (Å²) in [6.45, 7) is 2.21. The van der Waals surface area contributed by atoms with Gasteiger partial charge in [0.1, 0.15) is 0 Å². The third-order valence-electron chi connectivity index (χ3n) is 1.30. The van der Waals surface area contributed by atoms with Crippen molar-refractivity contribution < 1.29 is 0 Å². The Labute approximate surface area is 59.9 Å². The molecule has 2 heteroatoms. The summed E-state index contributed by atoms with van der Waals surface area (Å²) in [5, 5.41) is 2.12. The number of aryl methyl sites for hydroxylation is 1. The number of nitrogens with zero attached hydrogens (tertiary/aromatic N) is 1. The Morgan fingerprint density at radius 3 is 3.11 bits per heavy atom. The normalized spacial score (nSPS) is 9.89. The minimum atomic E-state index is 1.20. The minimum Gasteiger partial charge on any atom is -0.201 e. The van der Waals surface area contributed by atoms with E-state index in [2.05, 4.69) is 16.7 Å². The number of rotatable bonds is 3. The average molecular weight is 141 g/mol. The van der Waals surface area contributed by atoms with Crippen LogP contribution in [-0.2, 0) is 6.42 Å². The summed E-state index contributed by atoms with van der Waals surface area (Å²) in [5.74, 6) is 0. The van der Waals surface area contributed by atoms with Crippen molar-refractivity contribution in [1.82, 2.24) is 4.37 Å². The monoisotopic (exact) mass is 141 g/mol. The number of aromatic nitrogens is 1. The first-order valence-corrected chi connectivity index (χ1v) is 4.15. The van der Waals surface area contributed by atoms with E-state index in [0.717, 1.165) is 0 Å². The van der Waals surface area contributed by atoms with Crippen LogP contribution in [0.2, 0.25) is 0 Å². The topological polar surface area (TPSA) is 12.9 Å². The smallest absolute Gasteiger partial charge is 0.0438 e. The zero-order valence-corrected chi connectivity index (χ0v) is 6.45. The second-order valence-corrected chi connectivity index (χ2v) is 2.79. The van der Waals surface area contributed by atoms with Gasteiger partial charge in [-0.05, 0) is 29.9 Å². The van der Waals surface area contributed by atoms with E-state index in [1.54, 1.807) is 11.5 Å². The van der Waals surface area contributed by atoms with Gasteiger partial charge in [-0.2, -0.15) is 0 Å². The van der Waals surface area contributed by atoms with Gasteiger partial charge < -0.3 is 0 Å². The first-order chi connectivity index (χ1) is 4.43. The molecule has 0 spiro atoms. The van der Waals surface area contributed by atoms with Gasteiger partial charge in [-0.25, -0.2) is 4.37 Å². The third kappa shape index (κ3) is 2.14. The van der Waals surface area contributed by atoms with E-state index in [-0.39, 0.29) is 0 Å². The lowest BCUT2D eigenvalue weighted by Crippen LogP contribution is -1.78. The van der Waals surface area contributed by atoms with Gasteiger partial charge in [0.25, 0.3) is 0 Å². The molecule has 9 heavy (non-hydrogen) atoms. The fourth-order valence-electron chi connectivity index (χ4n) is 0.731. The summed E-state index contributed by atoms with van der Waals surface area (Å²) in [6, 6.07) is 0. The van der Waals surface area contributed by atoms with Crippen molar-refractivity contribution in [2.45, 2.75) is 26.2 Å². The van der Waals surface area contributed by atoms with Crippen LogP contribution >= 0.6 is 11.5 Å². The molecule has 0 aliphatic rings. The fraction of sp³-hybridized carbons (Fsp3) is 0.571. The van der Waals surface area contributed by atoms with Gasteiger partial charge in [-0.3, -0.25) is 0 Å². The quantitative estimate of drug-likeness (QED) is 0.630. The largest absolute Gasteiger partial charge is 0.201 e. The van der Waals surface area contributed by atoms with Crippen LogP contribution in [-0.4, -0.2) is 4.37 Å². The molecule has 0 unspecified atom stereocenters. The van der Waals surface area contributed by atoms with Crippen LogP contribution in [0.25, 0.3) is 0 Å². The molecule has 0 aliphatic carbocycles. The zero-order valence-electron chi connectivity index (χ0n) is 5.63. The highest BCUT2D eigenvalue weighted by atomic mass is 32.1. The summed E-state index contributed by atoms with van der Waals surface area (Å²) in [7, 11) is 0. The molecule has 0 bridgehead atoms. The predicted molar refractivity (Wildman–Crippen MR) is 40.7 cm³/mol. The SMILES string of the molecule is CCCCc1cnsc1. The molecule has 0 fully saturated rings. The highest BCUT2D eigenvalue weighted by Gasteiger charge is 1.90. The Kier molecular flexibility index (Phi) is 2.71. The lowest BCUT2D eigenvalue weighted by molar-refractivity contribution is 0.796.